The molecule has 1 N–H and O–H groups in total. The van der Waals surface area contributed by atoms with E-state index in [9.17, 15) is 4.79 Å². The predicted molar refractivity (Wildman–Crippen MR) is 121 cm³/mol. The molecule has 1 amide bonds. The maximum Gasteiger partial charge on any atom is 0.254 e. The van der Waals surface area contributed by atoms with Crippen molar-refractivity contribution in [2.45, 2.75) is 38.3 Å². The molecule has 3 aromatic rings. The molecule has 2 aliphatic rings. The van der Waals surface area contributed by atoms with Crippen molar-refractivity contribution < 1.29 is 9.53 Å². The largest absolute Gasteiger partial charge is 0.497 e. The van der Waals surface area contributed by atoms with Gasteiger partial charge in [0.15, 0.2) is 4.77 Å². The number of aromatic nitrogens is 3. The van der Waals surface area contributed by atoms with Gasteiger partial charge in [-0.3, -0.25) is 9.89 Å². The van der Waals surface area contributed by atoms with Gasteiger partial charge in [0, 0.05) is 25.7 Å². The molecule has 2 heterocycles. The van der Waals surface area contributed by atoms with E-state index < -0.39 is 0 Å². The summed E-state index contributed by atoms with van der Waals surface area (Å²) in [6.45, 7) is 3.48. The van der Waals surface area contributed by atoms with Crippen molar-refractivity contribution in [2.75, 3.05) is 7.11 Å². The van der Waals surface area contributed by atoms with Crippen molar-refractivity contribution in [3.05, 3.63) is 75.3 Å². The third-order valence-electron chi connectivity index (χ3n) is 6.78. The average Bonchev–Trinajstić information content (AvgIpc) is 3.25. The second kappa shape index (κ2) is 7.34. The third-order valence-corrected chi connectivity index (χ3v) is 7.14. The van der Waals surface area contributed by atoms with Crippen molar-refractivity contribution in [3.63, 3.8) is 0 Å². The zero-order valence-electron chi connectivity index (χ0n) is 18.0. The molecule has 1 aliphatic carbocycles. The number of nitrogens with zero attached hydrogens (tertiary/aromatic N) is 3. The van der Waals surface area contributed by atoms with E-state index in [4.69, 9.17) is 17.0 Å². The third kappa shape index (κ3) is 3.19. The zero-order valence-corrected chi connectivity index (χ0v) is 18.8. The van der Waals surface area contributed by atoms with E-state index in [-0.39, 0.29) is 11.3 Å². The lowest BCUT2D eigenvalue weighted by Crippen LogP contribution is -2.43. The van der Waals surface area contributed by atoms with Crippen LogP contribution in [0, 0.1) is 10.7 Å². The lowest BCUT2D eigenvalue weighted by atomic mass is 9.58. The molecule has 5 rings (SSSR count). The van der Waals surface area contributed by atoms with Gasteiger partial charge in [0.05, 0.1) is 12.5 Å². The van der Waals surface area contributed by atoms with Gasteiger partial charge in [0.25, 0.3) is 5.91 Å². The number of hydrogen-bond acceptors (Lipinski definition) is 4. The monoisotopic (exact) mass is 434 g/mol. The summed E-state index contributed by atoms with van der Waals surface area (Å²) in [6.07, 6.45) is 2.01. The van der Waals surface area contributed by atoms with Gasteiger partial charge in [-0.2, -0.15) is 5.10 Å². The minimum atomic E-state index is -0.194. The van der Waals surface area contributed by atoms with Crippen molar-refractivity contribution in [1.82, 2.24) is 19.7 Å². The highest BCUT2D eigenvalue weighted by Gasteiger charge is 2.48. The molecule has 0 saturated heterocycles. The molecule has 1 saturated carbocycles. The molecule has 1 aromatic heterocycles. The first-order chi connectivity index (χ1) is 14.9. The van der Waals surface area contributed by atoms with Crippen molar-refractivity contribution in [2.24, 2.45) is 13.0 Å². The molecule has 0 atom stereocenters. The number of benzene rings is 2. The van der Waals surface area contributed by atoms with Crippen LogP contribution in [0.3, 0.4) is 0 Å². The molecular formula is C24H26N4O2S. The zero-order chi connectivity index (χ0) is 21.8. The first kappa shape index (κ1) is 20.0. The van der Waals surface area contributed by atoms with E-state index in [1.807, 2.05) is 40.8 Å². The Morgan fingerprint density at radius 3 is 2.58 bits per heavy atom. The van der Waals surface area contributed by atoms with Crippen LogP contribution < -0.4 is 4.74 Å². The van der Waals surface area contributed by atoms with Crippen LogP contribution in [-0.4, -0.2) is 32.7 Å². The Kier molecular flexibility index (Phi) is 4.73. The Bertz CT molecular complexity index is 1210. The predicted octanol–water partition coefficient (Wildman–Crippen LogP) is 4.36. The van der Waals surface area contributed by atoms with Gasteiger partial charge in [-0.25, -0.2) is 0 Å². The molecule has 160 valence electrons. The van der Waals surface area contributed by atoms with Gasteiger partial charge in [-0.1, -0.05) is 31.2 Å². The summed E-state index contributed by atoms with van der Waals surface area (Å²) in [5.74, 6) is 2.47. The van der Waals surface area contributed by atoms with Crippen LogP contribution in [0.2, 0.25) is 0 Å². The number of carbonyl (C=O) groups is 1. The Hall–Kier alpha value is -2.93. The summed E-state index contributed by atoms with van der Waals surface area (Å²) in [7, 11) is 3.61. The smallest absolute Gasteiger partial charge is 0.254 e. The van der Waals surface area contributed by atoms with Crippen LogP contribution in [0.25, 0.3) is 0 Å². The van der Waals surface area contributed by atoms with E-state index in [0.717, 1.165) is 46.7 Å². The highest BCUT2D eigenvalue weighted by atomic mass is 32.1. The molecule has 7 heteroatoms. The van der Waals surface area contributed by atoms with Gasteiger partial charge >= 0.3 is 0 Å². The van der Waals surface area contributed by atoms with Crippen LogP contribution in [0.1, 0.15) is 52.6 Å². The van der Waals surface area contributed by atoms with Crippen LogP contribution in [0.5, 0.6) is 5.75 Å². The van der Waals surface area contributed by atoms with Crippen molar-refractivity contribution >= 4 is 18.1 Å². The van der Waals surface area contributed by atoms with Crippen LogP contribution in [-0.2, 0) is 25.6 Å². The van der Waals surface area contributed by atoms with E-state index in [1.165, 1.54) is 0 Å². The summed E-state index contributed by atoms with van der Waals surface area (Å²) < 4.78 is 7.82. The number of nitrogens with one attached hydrogen (secondary N) is 1. The van der Waals surface area contributed by atoms with Gasteiger partial charge < -0.3 is 14.2 Å². The molecular weight excluding hydrogens is 408 g/mol. The fourth-order valence-electron chi connectivity index (χ4n) is 5.19. The normalized spacial score (nSPS) is 22.4. The number of aromatic amines is 1. The van der Waals surface area contributed by atoms with Crippen LogP contribution in [0.4, 0.5) is 0 Å². The lowest BCUT2D eigenvalue weighted by Gasteiger charge is -2.46. The summed E-state index contributed by atoms with van der Waals surface area (Å²) >= 11 is 5.36. The average molecular weight is 435 g/mol. The fourth-order valence-corrected chi connectivity index (χ4v) is 5.32. The second-order valence-electron chi connectivity index (χ2n) is 8.89. The van der Waals surface area contributed by atoms with Crippen LogP contribution >= 0.6 is 12.2 Å². The number of ether oxygens (including phenoxy) is 1. The van der Waals surface area contributed by atoms with E-state index in [0.29, 0.717) is 23.8 Å². The maximum absolute atomic E-state index is 13.2. The molecule has 31 heavy (non-hydrogen) atoms. The molecule has 0 spiro atoms. The fraction of sp³-hybridized carbons (Fsp3) is 0.375. The lowest BCUT2D eigenvalue weighted by molar-refractivity contribution is 0.0766. The topological polar surface area (TPSA) is 63.1 Å². The molecule has 0 radical (unpaired) electrons. The maximum atomic E-state index is 13.2. The molecule has 1 fully saturated rings. The molecule has 6 nitrogen and oxygen atoms in total. The highest BCUT2D eigenvalue weighted by Crippen LogP contribution is 2.52. The number of hydrogen-bond donors (Lipinski definition) is 1. The first-order valence-corrected chi connectivity index (χ1v) is 11.0. The van der Waals surface area contributed by atoms with E-state index >= 15 is 0 Å². The summed E-state index contributed by atoms with van der Waals surface area (Å²) in [4.78, 5) is 15.1. The summed E-state index contributed by atoms with van der Waals surface area (Å²) in [5, 5.41) is 7.49. The summed E-state index contributed by atoms with van der Waals surface area (Å²) in [5.41, 5.74) is 3.94. The Morgan fingerprint density at radius 2 is 1.97 bits per heavy atom. The number of methoxy groups -OCH3 is 1. The standard InChI is InChI=1S/C24H26N4O2S/c1-15-11-24(12-15,22-25-26-23(31)27(22)2)18-7-6-17-14-28(21(29)20(17)10-18)13-16-4-8-19(30-3)9-5-16/h4-10,15H,11-14H2,1-3H3,(H,26,31). The number of amides is 1. The second-order valence-corrected chi connectivity index (χ2v) is 9.27. The quantitative estimate of drug-likeness (QED) is 0.606. The SMILES string of the molecule is COc1ccc(CN2Cc3ccc(C4(c5n[nH]c(=S)n5C)CC(C)C4)cc3C2=O)cc1. The molecule has 2 aromatic carbocycles. The highest BCUT2D eigenvalue weighted by molar-refractivity contribution is 7.71. The van der Waals surface area contributed by atoms with Crippen molar-refractivity contribution in [1.29, 1.82) is 0 Å². The Balaban J connectivity index is 1.45. The van der Waals surface area contributed by atoms with Gasteiger partial charge in [-0.15, -0.1) is 0 Å². The van der Waals surface area contributed by atoms with Gasteiger partial charge in [-0.05, 0) is 65.9 Å². The van der Waals surface area contributed by atoms with Gasteiger partial charge in [0.1, 0.15) is 11.6 Å². The number of rotatable bonds is 5. The molecule has 1 aliphatic heterocycles. The number of H-pyrrole nitrogens is 1. The van der Waals surface area contributed by atoms with Gasteiger partial charge in [0.2, 0.25) is 0 Å². The van der Waals surface area contributed by atoms with E-state index in [2.05, 4.69) is 35.3 Å². The Morgan fingerprint density at radius 1 is 1.23 bits per heavy atom. The summed E-state index contributed by atoms with van der Waals surface area (Å²) in [6, 6.07) is 14.3. The number of fused-ring (bicyclic) bond motifs is 1. The minimum Gasteiger partial charge on any atom is -0.497 e. The first-order valence-electron chi connectivity index (χ1n) is 10.6. The van der Waals surface area contributed by atoms with Crippen LogP contribution in [0.15, 0.2) is 42.5 Å². The van der Waals surface area contributed by atoms with E-state index in [1.54, 1.807) is 7.11 Å². The van der Waals surface area contributed by atoms with Crippen molar-refractivity contribution in [3.8, 4) is 5.75 Å². The molecule has 0 unspecified atom stereocenters. The minimum absolute atomic E-state index is 0.0885. The molecule has 0 bridgehead atoms. The Labute approximate surface area is 186 Å². The number of carbonyl (C=O) groups excluding carboxylic acids is 1.